The molecule has 1 fully saturated rings. The van der Waals surface area contributed by atoms with Crippen LogP contribution in [0.25, 0.3) is 0 Å². The maximum Gasteiger partial charge on any atom is 0.223 e. The lowest BCUT2D eigenvalue weighted by molar-refractivity contribution is -0.123. The molecule has 2 N–H and O–H groups in total. The Morgan fingerprint density at radius 1 is 1.50 bits per heavy atom. The number of aliphatic hydroxyl groups is 1. The first-order valence-electron chi connectivity index (χ1n) is 6.89. The Bertz CT molecular complexity index is 493. The van der Waals surface area contributed by atoms with Crippen molar-refractivity contribution in [3.63, 3.8) is 0 Å². The fraction of sp³-hybridized carbons (Fsp3) is 0.533. The summed E-state index contributed by atoms with van der Waals surface area (Å²) in [7, 11) is 0. The highest BCUT2D eigenvalue weighted by Gasteiger charge is 2.45. The molecule has 0 bridgehead atoms. The van der Waals surface area contributed by atoms with Crippen molar-refractivity contribution in [2.75, 3.05) is 6.61 Å². The van der Waals surface area contributed by atoms with Crippen molar-refractivity contribution in [2.24, 2.45) is 5.92 Å². The van der Waals surface area contributed by atoms with Crippen LogP contribution in [0.2, 0.25) is 10.0 Å². The second-order valence-corrected chi connectivity index (χ2v) is 6.15. The maximum absolute atomic E-state index is 12.1. The predicted molar refractivity (Wildman–Crippen MR) is 81.2 cm³/mol. The number of rotatable bonds is 6. The van der Waals surface area contributed by atoms with Gasteiger partial charge in [0.15, 0.2) is 0 Å². The number of amides is 1. The number of halogens is 2. The standard InChI is InChI=1S/C15H19Cl2NO2/c1-9(4-3-7-19)18-15(20)12-8-11(12)10-5-2-6-13(16)14(10)17/h2,5-6,9,11-12,19H,3-4,7-8H2,1H3,(H,18,20). The van der Waals surface area contributed by atoms with Crippen LogP contribution < -0.4 is 5.32 Å². The SMILES string of the molecule is CC(CCCO)NC(=O)C1CC1c1cccc(Cl)c1Cl. The van der Waals surface area contributed by atoms with Gasteiger partial charge in [0.25, 0.3) is 0 Å². The zero-order valence-electron chi connectivity index (χ0n) is 11.4. The van der Waals surface area contributed by atoms with Crippen LogP contribution in [0.3, 0.4) is 0 Å². The van der Waals surface area contributed by atoms with Gasteiger partial charge in [-0.25, -0.2) is 0 Å². The van der Waals surface area contributed by atoms with Crippen molar-refractivity contribution < 1.29 is 9.90 Å². The molecule has 1 aliphatic rings. The van der Waals surface area contributed by atoms with Crippen molar-refractivity contribution in [3.8, 4) is 0 Å². The molecule has 1 saturated carbocycles. The minimum atomic E-state index is -0.0115. The number of hydrogen-bond donors (Lipinski definition) is 2. The Morgan fingerprint density at radius 3 is 2.95 bits per heavy atom. The molecule has 3 nitrogen and oxygen atoms in total. The van der Waals surface area contributed by atoms with Crippen LogP contribution >= 0.6 is 23.2 Å². The molecule has 0 aliphatic heterocycles. The molecule has 1 aliphatic carbocycles. The van der Waals surface area contributed by atoms with Gasteiger partial charge in [-0.2, -0.15) is 0 Å². The van der Waals surface area contributed by atoms with E-state index in [0.29, 0.717) is 16.5 Å². The first-order chi connectivity index (χ1) is 9.54. The van der Waals surface area contributed by atoms with Crippen LogP contribution in [-0.4, -0.2) is 23.7 Å². The largest absolute Gasteiger partial charge is 0.396 e. The van der Waals surface area contributed by atoms with Crippen LogP contribution in [0, 0.1) is 5.92 Å². The molecule has 0 radical (unpaired) electrons. The predicted octanol–water partition coefficient (Wildman–Crippen LogP) is 3.37. The summed E-state index contributed by atoms with van der Waals surface area (Å²) in [6, 6.07) is 5.63. The van der Waals surface area contributed by atoms with Crippen LogP contribution in [0.5, 0.6) is 0 Å². The van der Waals surface area contributed by atoms with E-state index in [1.165, 1.54) is 0 Å². The van der Waals surface area contributed by atoms with E-state index in [1.54, 1.807) is 6.07 Å². The second-order valence-electron chi connectivity index (χ2n) is 5.37. The van der Waals surface area contributed by atoms with Crippen molar-refractivity contribution in [3.05, 3.63) is 33.8 Å². The normalized spacial score (nSPS) is 22.4. The molecule has 5 heteroatoms. The van der Waals surface area contributed by atoms with E-state index in [2.05, 4.69) is 5.32 Å². The molecule has 1 aromatic carbocycles. The molecular weight excluding hydrogens is 297 g/mol. The third-order valence-electron chi connectivity index (χ3n) is 3.69. The highest BCUT2D eigenvalue weighted by atomic mass is 35.5. The Morgan fingerprint density at radius 2 is 2.25 bits per heavy atom. The number of hydrogen-bond acceptors (Lipinski definition) is 2. The molecule has 0 saturated heterocycles. The number of aliphatic hydroxyl groups excluding tert-OH is 1. The summed E-state index contributed by atoms with van der Waals surface area (Å²) in [5.74, 6) is 0.227. The van der Waals surface area contributed by atoms with E-state index in [4.69, 9.17) is 28.3 Å². The van der Waals surface area contributed by atoms with Crippen molar-refractivity contribution in [1.82, 2.24) is 5.32 Å². The molecule has 110 valence electrons. The molecule has 3 unspecified atom stereocenters. The minimum Gasteiger partial charge on any atom is -0.396 e. The lowest BCUT2D eigenvalue weighted by Crippen LogP contribution is -2.34. The van der Waals surface area contributed by atoms with Crippen LogP contribution in [0.1, 0.15) is 37.7 Å². The molecule has 0 aromatic heterocycles. The topological polar surface area (TPSA) is 49.3 Å². The van der Waals surface area contributed by atoms with Gasteiger partial charge in [0.1, 0.15) is 0 Å². The van der Waals surface area contributed by atoms with E-state index in [0.717, 1.165) is 18.4 Å². The summed E-state index contributed by atoms with van der Waals surface area (Å²) in [5, 5.41) is 12.9. The van der Waals surface area contributed by atoms with Gasteiger partial charge in [-0.15, -0.1) is 0 Å². The smallest absolute Gasteiger partial charge is 0.223 e. The van der Waals surface area contributed by atoms with E-state index >= 15 is 0 Å². The van der Waals surface area contributed by atoms with E-state index in [9.17, 15) is 4.79 Å². The molecule has 1 aromatic rings. The van der Waals surface area contributed by atoms with Crippen molar-refractivity contribution in [2.45, 2.75) is 38.1 Å². The molecule has 20 heavy (non-hydrogen) atoms. The second kappa shape index (κ2) is 6.79. The Balaban J connectivity index is 1.91. The summed E-state index contributed by atoms with van der Waals surface area (Å²) >= 11 is 12.2. The summed E-state index contributed by atoms with van der Waals surface area (Å²) in [6.07, 6.45) is 2.31. The minimum absolute atomic E-state index is 0.0115. The Hall–Kier alpha value is -0.770. The van der Waals surface area contributed by atoms with Gasteiger partial charge in [-0.3, -0.25) is 4.79 Å². The number of carbonyl (C=O) groups excluding carboxylic acids is 1. The molecule has 2 rings (SSSR count). The summed E-state index contributed by atoms with van der Waals surface area (Å²) in [5.41, 5.74) is 0.960. The molecule has 0 spiro atoms. The quantitative estimate of drug-likeness (QED) is 0.845. The fourth-order valence-corrected chi connectivity index (χ4v) is 2.90. The lowest BCUT2D eigenvalue weighted by atomic mass is 10.1. The summed E-state index contributed by atoms with van der Waals surface area (Å²) < 4.78 is 0. The molecule has 3 atom stereocenters. The number of carbonyl (C=O) groups is 1. The van der Waals surface area contributed by atoms with Crippen molar-refractivity contribution >= 4 is 29.1 Å². The first kappa shape index (κ1) is 15.6. The summed E-state index contributed by atoms with van der Waals surface area (Å²) in [4.78, 5) is 12.1. The van der Waals surface area contributed by atoms with Gasteiger partial charge in [0, 0.05) is 18.6 Å². The highest BCUT2D eigenvalue weighted by Crippen LogP contribution is 2.50. The van der Waals surface area contributed by atoms with Gasteiger partial charge in [0.05, 0.1) is 10.0 Å². The number of nitrogens with one attached hydrogen (secondary N) is 1. The number of benzene rings is 1. The van der Waals surface area contributed by atoms with Gasteiger partial charge in [-0.05, 0) is 43.7 Å². The lowest BCUT2D eigenvalue weighted by Gasteiger charge is -2.13. The molecule has 1 amide bonds. The molecular formula is C15H19Cl2NO2. The van der Waals surface area contributed by atoms with Crippen LogP contribution in [-0.2, 0) is 4.79 Å². The monoisotopic (exact) mass is 315 g/mol. The van der Waals surface area contributed by atoms with E-state index in [-0.39, 0.29) is 30.4 Å². The van der Waals surface area contributed by atoms with Crippen molar-refractivity contribution in [1.29, 1.82) is 0 Å². The van der Waals surface area contributed by atoms with E-state index in [1.807, 2.05) is 19.1 Å². The van der Waals surface area contributed by atoms with Crippen LogP contribution in [0.15, 0.2) is 18.2 Å². The maximum atomic E-state index is 12.1. The fourth-order valence-electron chi connectivity index (χ4n) is 2.45. The first-order valence-corrected chi connectivity index (χ1v) is 7.65. The zero-order chi connectivity index (χ0) is 14.7. The Labute approximate surface area is 129 Å². The van der Waals surface area contributed by atoms with Gasteiger partial charge < -0.3 is 10.4 Å². The van der Waals surface area contributed by atoms with Gasteiger partial charge in [0.2, 0.25) is 5.91 Å². The third kappa shape index (κ3) is 3.66. The highest BCUT2D eigenvalue weighted by molar-refractivity contribution is 6.42. The summed E-state index contributed by atoms with van der Waals surface area (Å²) in [6.45, 7) is 2.11. The van der Waals surface area contributed by atoms with E-state index < -0.39 is 0 Å². The van der Waals surface area contributed by atoms with Gasteiger partial charge in [-0.1, -0.05) is 35.3 Å². The third-order valence-corrected chi connectivity index (χ3v) is 4.53. The Kier molecular flexibility index (Phi) is 5.30. The zero-order valence-corrected chi connectivity index (χ0v) is 12.9. The average molecular weight is 316 g/mol. The van der Waals surface area contributed by atoms with Gasteiger partial charge >= 0.3 is 0 Å². The molecule has 0 heterocycles. The van der Waals surface area contributed by atoms with Crippen LogP contribution in [0.4, 0.5) is 0 Å². The average Bonchev–Trinajstić information content (AvgIpc) is 3.20.